The van der Waals surface area contributed by atoms with Crippen LogP contribution in [0, 0.1) is 11.3 Å². The zero-order chi connectivity index (χ0) is 14.7. The van der Waals surface area contributed by atoms with E-state index in [4.69, 9.17) is 4.74 Å². The first-order chi connectivity index (χ1) is 10.3. The Labute approximate surface area is 132 Å². The van der Waals surface area contributed by atoms with E-state index >= 15 is 0 Å². The van der Waals surface area contributed by atoms with E-state index in [9.17, 15) is 5.26 Å². The molecule has 0 bridgehead atoms. The van der Waals surface area contributed by atoms with Gasteiger partial charge in [-0.1, -0.05) is 34.1 Å². The van der Waals surface area contributed by atoms with Crippen molar-refractivity contribution in [2.24, 2.45) is 0 Å². The monoisotopic (exact) mass is 342 g/mol. The van der Waals surface area contributed by atoms with Gasteiger partial charge in [-0.2, -0.15) is 5.26 Å². The molecule has 1 aromatic carbocycles. The Morgan fingerprint density at radius 3 is 2.86 bits per heavy atom. The van der Waals surface area contributed by atoms with Crippen LogP contribution in [0.25, 0.3) is 0 Å². The van der Waals surface area contributed by atoms with Gasteiger partial charge in [0.25, 0.3) is 0 Å². The summed E-state index contributed by atoms with van der Waals surface area (Å²) in [5.74, 6) is 0.453. The molecule has 4 heteroatoms. The zero-order valence-electron chi connectivity index (χ0n) is 11.6. The van der Waals surface area contributed by atoms with E-state index in [1.807, 2.05) is 30.3 Å². The SMILES string of the molecule is N#Cc1cc2c(nc1OCc1ccccc1Br)CCCC2. The fourth-order valence-electron chi connectivity index (χ4n) is 2.57. The average Bonchev–Trinajstić information content (AvgIpc) is 2.53. The largest absolute Gasteiger partial charge is 0.472 e. The fraction of sp³-hybridized carbons (Fsp3) is 0.294. The van der Waals surface area contributed by atoms with Crippen molar-refractivity contribution in [3.63, 3.8) is 0 Å². The molecule has 0 saturated heterocycles. The number of aromatic nitrogens is 1. The van der Waals surface area contributed by atoms with Crippen molar-refractivity contribution in [2.45, 2.75) is 32.3 Å². The van der Waals surface area contributed by atoms with E-state index in [1.165, 1.54) is 12.0 Å². The van der Waals surface area contributed by atoms with Crippen molar-refractivity contribution in [3.8, 4) is 11.9 Å². The number of ether oxygens (including phenoxy) is 1. The highest BCUT2D eigenvalue weighted by atomic mass is 79.9. The van der Waals surface area contributed by atoms with Crippen molar-refractivity contribution < 1.29 is 4.74 Å². The van der Waals surface area contributed by atoms with Gasteiger partial charge in [-0.25, -0.2) is 4.98 Å². The number of hydrogen-bond acceptors (Lipinski definition) is 3. The molecule has 0 saturated carbocycles. The summed E-state index contributed by atoms with van der Waals surface area (Å²) in [5.41, 5.74) is 3.86. The van der Waals surface area contributed by atoms with Gasteiger partial charge in [0.05, 0.1) is 0 Å². The Bertz CT molecular complexity index is 706. The minimum atomic E-state index is 0.405. The number of nitriles is 1. The highest BCUT2D eigenvalue weighted by Crippen LogP contribution is 2.26. The van der Waals surface area contributed by atoms with Gasteiger partial charge in [-0.3, -0.25) is 0 Å². The van der Waals surface area contributed by atoms with Crippen LogP contribution in [0.4, 0.5) is 0 Å². The predicted molar refractivity (Wildman–Crippen MR) is 84.1 cm³/mol. The Morgan fingerprint density at radius 2 is 2.05 bits per heavy atom. The highest BCUT2D eigenvalue weighted by molar-refractivity contribution is 9.10. The van der Waals surface area contributed by atoms with Gasteiger partial charge in [0.15, 0.2) is 0 Å². The molecule has 0 radical (unpaired) electrons. The Morgan fingerprint density at radius 1 is 1.24 bits per heavy atom. The molecular weight excluding hydrogens is 328 g/mol. The minimum Gasteiger partial charge on any atom is -0.472 e. The van der Waals surface area contributed by atoms with Crippen LogP contribution in [-0.4, -0.2) is 4.98 Å². The molecule has 106 valence electrons. The molecule has 2 aromatic rings. The van der Waals surface area contributed by atoms with Gasteiger partial charge in [0, 0.05) is 15.7 Å². The van der Waals surface area contributed by atoms with Gasteiger partial charge < -0.3 is 4.74 Å². The first kappa shape index (κ1) is 14.1. The van der Waals surface area contributed by atoms with Crippen molar-refractivity contribution in [1.29, 1.82) is 5.26 Å². The maximum atomic E-state index is 9.29. The molecule has 3 rings (SSSR count). The van der Waals surface area contributed by atoms with Crippen LogP contribution in [-0.2, 0) is 19.4 Å². The topological polar surface area (TPSA) is 45.9 Å². The molecule has 0 amide bonds. The average molecular weight is 343 g/mol. The third-order valence-corrected chi connectivity index (χ3v) is 4.48. The number of rotatable bonds is 3. The third kappa shape index (κ3) is 3.08. The van der Waals surface area contributed by atoms with Crippen LogP contribution in [0.15, 0.2) is 34.8 Å². The highest BCUT2D eigenvalue weighted by Gasteiger charge is 2.16. The molecule has 1 aliphatic carbocycles. The second-order valence-electron chi connectivity index (χ2n) is 5.15. The van der Waals surface area contributed by atoms with E-state index in [0.29, 0.717) is 18.1 Å². The molecule has 0 aliphatic heterocycles. The second-order valence-corrected chi connectivity index (χ2v) is 6.00. The smallest absolute Gasteiger partial charge is 0.232 e. The van der Waals surface area contributed by atoms with E-state index in [-0.39, 0.29) is 0 Å². The Kier molecular flexibility index (Phi) is 4.21. The fourth-order valence-corrected chi connectivity index (χ4v) is 2.97. The number of halogens is 1. The van der Waals surface area contributed by atoms with Gasteiger partial charge in [-0.15, -0.1) is 0 Å². The first-order valence-corrected chi connectivity index (χ1v) is 7.86. The summed E-state index contributed by atoms with van der Waals surface area (Å²) in [6.07, 6.45) is 4.33. The molecule has 1 aromatic heterocycles. The lowest BCUT2D eigenvalue weighted by molar-refractivity contribution is 0.290. The van der Waals surface area contributed by atoms with E-state index < -0.39 is 0 Å². The van der Waals surface area contributed by atoms with Crippen molar-refractivity contribution in [3.05, 3.63) is 57.2 Å². The number of benzene rings is 1. The Hall–Kier alpha value is -1.86. The summed E-state index contributed by atoms with van der Waals surface area (Å²) in [6.45, 7) is 0.405. The van der Waals surface area contributed by atoms with Crippen LogP contribution in [0.3, 0.4) is 0 Å². The summed E-state index contributed by atoms with van der Waals surface area (Å²) in [6, 6.07) is 12.0. The quantitative estimate of drug-likeness (QED) is 0.840. The zero-order valence-corrected chi connectivity index (χ0v) is 13.2. The van der Waals surface area contributed by atoms with Crippen molar-refractivity contribution >= 4 is 15.9 Å². The minimum absolute atomic E-state index is 0.405. The van der Waals surface area contributed by atoms with Gasteiger partial charge in [0.1, 0.15) is 18.2 Å². The molecule has 0 spiro atoms. The second kappa shape index (κ2) is 6.28. The molecular formula is C17H15BrN2O. The maximum Gasteiger partial charge on any atom is 0.232 e. The third-order valence-electron chi connectivity index (χ3n) is 3.71. The van der Waals surface area contributed by atoms with Gasteiger partial charge in [0.2, 0.25) is 5.88 Å². The number of hydrogen-bond donors (Lipinski definition) is 0. The summed E-state index contributed by atoms with van der Waals surface area (Å²) in [7, 11) is 0. The molecule has 0 fully saturated rings. The van der Waals surface area contributed by atoms with Crippen molar-refractivity contribution in [1.82, 2.24) is 4.98 Å². The summed E-state index contributed by atoms with van der Waals surface area (Å²) in [5, 5.41) is 9.29. The van der Waals surface area contributed by atoms with Gasteiger partial charge in [-0.05, 0) is 43.4 Å². The molecule has 0 atom stereocenters. The molecule has 1 aliphatic rings. The lowest BCUT2D eigenvalue weighted by Crippen LogP contribution is -2.09. The lowest BCUT2D eigenvalue weighted by Gasteiger charge is -2.17. The lowest BCUT2D eigenvalue weighted by atomic mass is 9.95. The standard InChI is InChI=1S/C17H15BrN2O/c18-15-7-3-1-6-13(15)11-21-17-14(10-19)9-12-5-2-4-8-16(12)20-17/h1,3,6-7,9H,2,4-5,8,11H2. The Balaban J connectivity index is 1.85. The molecule has 3 nitrogen and oxygen atoms in total. The molecule has 1 heterocycles. The summed E-state index contributed by atoms with van der Waals surface area (Å²) >= 11 is 3.50. The van der Waals surface area contributed by atoms with Crippen LogP contribution < -0.4 is 4.74 Å². The molecule has 0 N–H and O–H groups in total. The summed E-state index contributed by atoms with van der Waals surface area (Å²) < 4.78 is 6.80. The number of nitrogens with zero attached hydrogens (tertiary/aromatic N) is 2. The van der Waals surface area contributed by atoms with Crippen LogP contribution in [0.2, 0.25) is 0 Å². The first-order valence-electron chi connectivity index (χ1n) is 7.07. The molecule has 21 heavy (non-hydrogen) atoms. The van der Waals surface area contributed by atoms with Gasteiger partial charge >= 0.3 is 0 Å². The van der Waals surface area contributed by atoms with E-state index in [1.54, 1.807) is 0 Å². The normalized spacial score (nSPS) is 13.3. The van der Waals surface area contributed by atoms with Crippen molar-refractivity contribution in [2.75, 3.05) is 0 Å². The van der Waals surface area contributed by atoms with Crippen LogP contribution in [0.1, 0.15) is 35.2 Å². The maximum absolute atomic E-state index is 9.29. The number of fused-ring (bicyclic) bond motifs is 1. The number of pyridine rings is 1. The summed E-state index contributed by atoms with van der Waals surface area (Å²) in [4.78, 5) is 4.57. The van der Waals surface area contributed by atoms with E-state index in [0.717, 1.165) is 35.0 Å². The van der Waals surface area contributed by atoms with E-state index in [2.05, 4.69) is 27.0 Å². The number of aryl methyl sites for hydroxylation is 2. The van der Waals surface area contributed by atoms with Crippen LogP contribution >= 0.6 is 15.9 Å². The molecule has 0 unspecified atom stereocenters. The predicted octanol–water partition coefficient (Wildman–Crippen LogP) is 4.17. The van der Waals surface area contributed by atoms with Crippen LogP contribution in [0.5, 0.6) is 5.88 Å².